The molecule has 0 aromatic heterocycles. The fourth-order valence-electron chi connectivity index (χ4n) is 3.76. The normalized spacial score (nSPS) is 16.0. The van der Waals surface area contributed by atoms with Crippen LogP contribution in [-0.4, -0.2) is 31.1 Å². The molecular formula is C24H26N2O. The van der Waals surface area contributed by atoms with Gasteiger partial charge in [0.05, 0.1) is 6.04 Å². The van der Waals surface area contributed by atoms with Gasteiger partial charge in [-0.2, -0.15) is 0 Å². The van der Waals surface area contributed by atoms with E-state index in [1.54, 1.807) is 0 Å². The molecule has 1 unspecified atom stereocenters. The molecule has 1 saturated heterocycles. The van der Waals surface area contributed by atoms with Gasteiger partial charge in [0, 0.05) is 26.2 Å². The molecule has 3 aromatic carbocycles. The molecule has 0 amide bonds. The highest BCUT2D eigenvalue weighted by Crippen LogP contribution is 2.32. The third kappa shape index (κ3) is 4.21. The summed E-state index contributed by atoms with van der Waals surface area (Å²) in [6, 6.07) is 27.5. The summed E-state index contributed by atoms with van der Waals surface area (Å²) >= 11 is 0. The lowest BCUT2D eigenvalue weighted by Crippen LogP contribution is -2.45. The predicted octanol–water partition coefficient (Wildman–Crippen LogP) is 4.78. The van der Waals surface area contributed by atoms with Crippen LogP contribution in [0.5, 0.6) is 11.5 Å². The summed E-state index contributed by atoms with van der Waals surface area (Å²) in [6.45, 7) is 6.40. The molecule has 1 aliphatic heterocycles. The number of para-hydroxylation sites is 1. The van der Waals surface area contributed by atoms with Gasteiger partial charge < -0.3 is 10.1 Å². The van der Waals surface area contributed by atoms with E-state index in [9.17, 15) is 0 Å². The molecule has 0 saturated carbocycles. The van der Waals surface area contributed by atoms with Crippen LogP contribution >= 0.6 is 0 Å². The summed E-state index contributed by atoms with van der Waals surface area (Å²) in [5, 5.41) is 3.46. The third-order valence-corrected chi connectivity index (χ3v) is 5.17. The van der Waals surface area contributed by atoms with Crippen molar-refractivity contribution in [2.75, 3.05) is 26.2 Å². The number of aryl methyl sites for hydroxylation is 1. The second-order valence-electron chi connectivity index (χ2n) is 7.03. The number of benzene rings is 3. The van der Waals surface area contributed by atoms with Crippen LogP contribution < -0.4 is 10.1 Å². The monoisotopic (exact) mass is 358 g/mol. The molecule has 3 heteroatoms. The zero-order valence-electron chi connectivity index (χ0n) is 15.8. The smallest absolute Gasteiger partial charge is 0.127 e. The highest BCUT2D eigenvalue weighted by atomic mass is 16.5. The van der Waals surface area contributed by atoms with Crippen molar-refractivity contribution in [3.63, 3.8) is 0 Å². The summed E-state index contributed by atoms with van der Waals surface area (Å²) < 4.78 is 5.96. The summed E-state index contributed by atoms with van der Waals surface area (Å²) in [5.74, 6) is 1.73. The van der Waals surface area contributed by atoms with Crippen molar-refractivity contribution in [3.05, 3.63) is 95.6 Å². The first kappa shape index (κ1) is 17.8. The zero-order valence-corrected chi connectivity index (χ0v) is 15.8. The van der Waals surface area contributed by atoms with E-state index in [0.717, 1.165) is 37.7 Å². The van der Waals surface area contributed by atoms with Gasteiger partial charge in [-0.05, 0) is 47.9 Å². The van der Waals surface area contributed by atoms with Gasteiger partial charge in [0.2, 0.25) is 0 Å². The molecule has 4 rings (SSSR count). The van der Waals surface area contributed by atoms with E-state index in [2.05, 4.69) is 65.7 Å². The van der Waals surface area contributed by atoms with Crippen molar-refractivity contribution in [1.29, 1.82) is 0 Å². The van der Waals surface area contributed by atoms with Gasteiger partial charge in [-0.1, -0.05) is 54.6 Å². The second kappa shape index (κ2) is 8.38. The molecule has 3 aromatic rings. The Hall–Kier alpha value is -2.62. The van der Waals surface area contributed by atoms with E-state index in [1.165, 1.54) is 16.7 Å². The number of hydrogen-bond donors (Lipinski definition) is 1. The molecule has 1 aliphatic rings. The highest BCUT2D eigenvalue weighted by Gasteiger charge is 2.24. The number of piperazine rings is 1. The van der Waals surface area contributed by atoms with Crippen molar-refractivity contribution >= 4 is 0 Å². The van der Waals surface area contributed by atoms with E-state index < -0.39 is 0 Å². The van der Waals surface area contributed by atoms with Crippen molar-refractivity contribution in [1.82, 2.24) is 10.2 Å². The maximum absolute atomic E-state index is 5.96. The van der Waals surface area contributed by atoms with Crippen molar-refractivity contribution in [2.24, 2.45) is 0 Å². The summed E-state index contributed by atoms with van der Waals surface area (Å²) in [7, 11) is 0. The van der Waals surface area contributed by atoms with Gasteiger partial charge in [0.25, 0.3) is 0 Å². The minimum Gasteiger partial charge on any atom is -0.457 e. The second-order valence-corrected chi connectivity index (χ2v) is 7.03. The van der Waals surface area contributed by atoms with Gasteiger partial charge >= 0.3 is 0 Å². The van der Waals surface area contributed by atoms with Crippen LogP contribution in [0.4, 0.5) is 0 Å². The highest BCUT2D eigenvalue weighted by molar-refractivity contribution is 5.40. The van der Waals surface area contributed by atoms with Crippen molar-refractivity contribution in [3.8, 4) is 11.5 Å². The number of nitrogens with zero attached hydrogens (tertiary/aromatic N) is 1. The van der Waals surface area contributed by atoms with Crippen LogP contribution in [0.2, 0.25) is 0 Å². The molecular weight excluding hydrogens is 332 g/mol. The minimum atomic E-state index is 0.277. The van der Waals surface area contributed by atoms with Crippen LogP contribution in [0.15, 0.2) is 78.9 Å². The van der Waals surface area contributed by atoms with E-state index in [0.29, 0.717) is 0 Å². The molecule has 1 heterocycles. The number of rotatable bonds is 5. The van der Waals surface area contributed by atoms with Crippen LogP contribution in [0.25, 0.3) is 0 Å². The molecule has 0 bridgehead atoms. The lowest BCUT2D eigenvalue weighted by Gasteiger charge is -2.36. The van der Waals surface area contributed by atoms with Crippen LogP contribution in [0, 0.1) is 6.92 Å². The first-order valence-electron chi connectivity index (χ1n) is 9.64. The van der Waals surface area contributed by atoms with Gasteiger partial charge in [0.1, 0.15) is 11.5 Å². The van der Waals surface area contributed by atoms with Crippen LogP contribution in [0.1, 0.15) is 22.7 Å². The summed E-state index contributed by atoms with van der Waals surface area (Å²) in [5.41, 5.74) is 4.04. The van der Waals surface area contributed by atoms with Gasteiger partial charge in [-0.25, -0.2) is 0 Å². The lowest BCUT2D eigenvalue weighted by molar-refractivity contribution is 0.198. The maximum atomic E-state index is 5.96. The van der Waals surface area contributed by atoms with Crippen molar-refractivity contribution in [2.45, 2.75) is 13.0 Å². The lowest BCUT2D eigenvalue weighted by atomic mass is 9.93. The standard InChI is InChI=1S/C24H26N2O/c1-19-7-5-6-10-23(19)24(26-17-15-25-16-18-26)20-11-13-22(14-12-20)27-21-8-3-2-4-9-21/h2-14,24-25H,15-18H2,1H3. The minimum absolute atomic E-state index is 0.277. The van der Waals surface area contributed by atoms with Gasteiger partial charge in [-0.15, -0.1) is 0 Å². The first-order chi connectivity index (χ1) is 13.3. The fraction of sp³-hybridized carbons (Fsp3) is 0.250. The first-order valence-corrected chi connectivity index (χ1v) is 9.64. The fourth-order valence-corrected chi connectivity index (χ4v) is 3.76. The molecule has 27 heavy (non-hydrogen) atoms. The van der Waals surface area contributed by atoms with E-state index >= 15 is 0 Å². The maximum Gasteiger partial charge on any atom is 0.127 e. The predicted molar refractivity (Wildman–Crippen MR) is 110 cm³/mol. The Balaban J connectivity index is 1.62. The summed E-state index contributed by atoms with van der Waals surface area (Å²) in [4.78, 5) is 2.58. The summed E-state index contributed by atoms with van der Waals surface area (Å²) in [6.07, 6.45) is 0. The Morgan fingerprint density at radius 3 is 2.11 bits per heavy atom. The third-order valence-electron chi connectivity index (χ3n) is 5.17. The Morgan fingerprint density at radius 2 is 1.41 bits per heavy atom. The molecule has 1 fully saturated rings. The van der Waals surface area contributed by atoms with Crippen LogP contribution in [-0.2, 0) is 0 Å². The molecule has 0 spiro atoms. The Labute approximate surface area is 161 Å². The molecule has 1 atom stereocenters. The molecule has 0 aliphatic carbocycles. The largest absolute Gasteiger partial charge is 0.457 e. The quantitative estimate of drug-likeness (QED) is 0.710. The van der Waals surface area contributed by atoms with Crippen molar-refractivity contribution < 1.29 is 4.74 Å². The molecule has 3 nitrogen and oxygen atoms in total. The zero-order chi connectivity index (χ0) is 18.5. The van der Waals surface area contributed by atoms with E-state index in [1.807, 2.05) is 30.3 Å². The SMILES string of the molecule is Cc1ccccc1C(c1ccc(Oc2ccccc2)cc1)N1CCNCC1. The molecule has 1 N–H and O–H groups in total. The number of hydrogen-bond acceptors (Lipinski definition) is 3. The van der Waals surface area contributed by atoms with Gasteiger partial charge in [0.15, 0.2) is 0 Å². The topological polar surface area (TPSA) is 24.5 Å². The number of ether oxygens (including phenoxy) is 1. The Bertz CT molecular complexity index is 855. The molecule has 0 radical (unpaired) electrons. The van der Waals surface area contributed by atoms with Gasteiger partial charge in [-0.3, -0.25) is 4.90 Å². The Morgan fingerprint density at radius 1 is 0.778 bits per heavy atom. The van der Waals surface area contributed by atoms with E-state index in [4.69, 9.17) is 4.74 Å². The molecule has 138 valence electrons. The van der Waals surface area contributed by atoms with Crippen LogP contribution in [0.3, 0.4) is 0 Å². The van der Waals surface area contributed by atoms with E-state index in [-0.39, 0.29) is 6.04 Å². The Kier molecular flexibility index (Phi) is 5.52. The average Bonchev–Trinajstić information content (AvgIpc) is 2.72. The average molecular weight is 358 g/mol. The number of nitrogens with one attached hydrogen (secondary N) is 1.